The van der Waals surface area contributed by atoms with Crippen molar-refractivity contribution in [2.45, 2.75) is 11.3 Å². The number of halogens is 4. The number of carbonyl (C=O) groups is 1. The van der Waals surface area contributed by atoms with Crippen LogP contribution < -0.4 is 16.8 Å². The number of aromatic nitrogens is 2. The number of benzene rings is 1. The number of carbonyl (C=O) groups excluding carboxylic acids is 1. The van der Waals surface area contributed by atoms with E-state index >= 15 is 0 Å². The Bertz CT molecular complexity index is 752. The van der Waals surface area contributed by atoms with Crippen LogP contribution in [0.2, 0.25) is 5.02 Å². The van der Waals surface area contributed by atoms with Crippen LogP contribution in [0, 0.1) is 0 Å². The van der Waals surface area contributed by atoms with Gasteiger partial charge in [0.2, 0.25) is 5.91 Å². The van der Waals surface area contributed by atoms with Crippen LogP contribution in [0.5, 0.6) is 0 Å². The summed E-state index contributed by atoms with van der Waals surface area (Å²) >= 11 is 6.73. The molecule has 0 atom stereocenters. The summed E-state index contributed by atoms with van der Waals surface area (Å²) in [5.41, 5.74) is 9.95. The van der Waals surface area contributed by atoms with Crippen molar-refractivity contribution in [3.05, 3.63) is 34.9 Å². The summed E-state index contributed by atoms with van der Waals surface area (Å²) < 4.78 is 38.0. The van der Waals surface area contributed by atoms with Crippen molar-refractivity contribution in [1.82, 2.24) is 9.97 Å². The summed E-state index contributed by atoms with van der Waals surface area (Å²) in [7, 11) is 0. The zero-order valence-corrected chi connectivity index (χ0v) is 13.5. The van der Waals surface area contributed by atoms with Gasteiger partial charge in [-0.3, -0.25) is 4.79 Å². The molecule has 0 saturated heterocycles. The van der Waals surface area contributed by atoms with E-state index < -0.39 is 17.6 Å². The molecule has 1 amide bonds. The molecule has 0 aliphatic rings. The third-order valence-corrected chi connectivity index (χ3v) is 3.82. The third kappa shape index (κ3) is 4.90. The quantitative estimate of drug-likeness (QED) is 0.558. The predicted octanol–water partition coefficient (Wildman–Crippen LogP) is 3.04. The van der Waals surface area contributed by atoms with E-state index in [1.807, 2.05) is 0 Å². The number of nitrogen functional groups attached to an aromatic ring is 2. The van der Waals surface area contributed by atoms with E-state index in [9.17, 15) is 18.0 Å². The molecular weight excluding hydrogens is 367 g/mol. The number of rotatable bonds is 4. The minimum absolute atomic E-state index is 0.00852. The highest BCUT2D eigenvalue weighted by Crippen LogP contribution is 2.33. The zero-order valence-electron chi connectivity index (χ0n) is 11.9. The second-order valence-corrected chi connectivity index (χ2v) is 5.88. The lowest BCUT2D eigenvalue weighted by Crippen LogP contribution is -2.16. The maximum Gasteiger partial charge on any atom is 0.416 e. The van der Waals surface area contributed by atoms with E-state index in [4.69, 9.17) is 23.1 Å². The molecule has 0 aliphatic carbocycles. The van der Waals surface area contributed by atoms with Crippen LogP contribution in [0.15, 0.2) is 29.4 Å². The topological polar surface area (TPSA) is 107 Å². The standard InChI is InChI=1S/C13H11ClF3N5OS/c14-7-2-1-6(13(15,16)17)3-8(7)20-11(23)5-24-12-21-9(18)4-10(19)22-12/h1-4H,5H2,(H,20,23)(H4,18,19,21,22). The largest absolute Gasteiger partial charge is 0.416 e. The Hall–Kier alpha value is -2.20. The number of alkyl halides is 3. The smallest absolute Gasteiger partial charge is 0.383 e. The number of nitrogens with one attached hydrogen (secondary N) is 1. The number of nitrogens with zero attached hydrogens (tertiary/aromatic N) is 2. The maximum absolute atomic E-state index is 12.7. The Kier molecular flexibility index (Phi) is 5.40. The van der Waals surface area contributed by atoms with Gasteiger partial charge >= 0.3 is 6.18 Å². The Morgan fingerprint density at radius 3 is 2.42 bits per heavy atom. The van der Waals surface area contributed by atoms with Crippen molar-refractivity contribution in [2.24, 2.45) is 0 Å². The van der Waals surface area contributed by atoms with Gasteiger partial charge in [0.05, 0.1) is 22.0 Å². The van der Waals surface area contributed by atoms with Gasteiger partial charge in [-0.25, -0.2) is 9.97 Å². The molecule has 6 nitrogen and oxygen atoms in total. The lowest BCUT2D eigenvalue weighted by atomic mass is 10.2. The molecule has 11 heteroatoms. The van der Waals surface area contributed by atoms with Crippen molar-refractivity contribution in [3.8, 4) is 0 Å². The first-order valence-electron chi connectivity index (χ1n) is 6.34. The molecule has 1 heterocycles. The molecule has 2 rings (SSSR count). The molecule has 128 valence electrons. The molecule has 0 aliphatic heterocycles. The Morgan fingerprint density at radius 2 is 1.83 bits per heavy atom. The van der Waals surface area contributed by atoms with Crippen molar-refractivity contribution < 1.29 is 18.0 Å². The van der Waals surface area contributed by atoms with Crippen LogP contribution in [-0.2, 0) is 11.0 Å². The number of hydrogen-bond donors (Lipinski definition) is 3. The minimum atomic E-state index is -4.54. The van der Waals surface area contributed by atoms with Crippen molar-refractivity contribution in [3.63, 3.8) is 0 Å². The van der Waals surface area contributed by atoms with Crippen LogP contribution in [0.3, 0.4) is 0 Å². The van der Waals surface area contributed by atoms with E-state index in [1.165, 1.54) is 6.07 Å². The summed E-state index contributed by atoms with van der Waals surface area (Å²) in [6, 6.07) is 4.01. The summed E-state index contributed by atoms with van der Waals surface area (Å²) in [5, 5.41) is 2.48. The van der Waals surface area contributed by atoms with E-state index in [-0.39, 0.29) is 33.3 Å². The maximum atomic E-state index is 12.7. The van der Waals surface area contributed by atoms with Crippen molar-refractivity contribution in [2.75, 3.05) is 22.5 Å². The highest BCUT2D eigenvalue weighted by molar-refractivity contribution is 7.99. The number of amides is 1. The van der Waals surface area contributed by atoms with E-state index in [0.29, 0.717) is 0 Å². The van der Waals surface area contributed by atoms with Gasteiger partial charge in [-0.1, -0.05) is 23.4 Å². The van der Waals surface area contributed by atoms with Crippen LogP contribution in [0.25, 0.3) is 0 Å². The monoisotopic (exact) mass is 377 g/mol. The van der Waals surface area contributed by atoms with Gasteiger partial charge in [0, 0.05) is 6.07 Å². The molecule has 0 spiro atoms. The van der Waals surface area contributed by atoms with Gasteiger partial charge in [-0.2, -0.15) is 13.2 Å². The first-order valence-corrected chi connectivity index (χ1v) is 7.71. The summed E-state index contributed by atoms with van der Waals surface area (Å²) in [6.07, 6.45) is -4.54. The van der Waals surface area contributed by atoms with Crippen LogP contribution in [-0.4, -0.2) is 21.6 Å². The first kappa shape index (κ1) is 18.1. The van der Waals surface area contributed by atoms with Gasteiger partial charge in [0.25, 0.3) is 0 Å². The molecule has 0 fully saturated rings. The third-order valence-electron chi connectivity index (χ3n) is 2.65. The predicted molar refractivity (Wildman–Crippen MR) is 86.7 cm³/mol. The Labute approximate surface area is 143 Å². The lowest BCUT2D eigenvalue weighted by molar-refractivity contribution is -0.137. The van der Waals surface area contributed by atoms with Crippen molar-refractivity contribution in [1.29, 1.82) is 0 Å². The molecule has 2 aromatic rings. The Morgan fingerprint density at radius 1 is 1.21 bits per heavy atom. The number of hydrogen-bond acceptors (Lipinski definition) is 6. The second-order valence-electron chi connectivity index (χ2n) is 4.53. The highest BCUT2D eigenvalue weighted by Gasteiger charge is 2.31. The fourth-order valence-corrected chi connectivity index (χ4v) is 2.48. The van der Waals surface area contributed by atoms with E-state index in [2.05, 4.69) is 15.3 Å². The fraction of sp³-hybridized carbons (Fsp3) is 0.154. The van der Waals surface area contributed by atoms with Gasteiger partial charge in [-0.15, -0.1) is 0 Å². The van der Waals surface area contributed by atoms with Gasteiger partial charge in [0.15, 0.2) is 5.16 Å². The van der Waals surface area contributed by atoms with Crippen LogP contribution in [0.1, 0.15) is 5.56 Å². The van der Waals surface area contributed by atoms with E-state index in [0.717, 1.165) is 30.0 Å². The molecule has 0 radical (unpaired) electrons. The Balaban J connectivity index is 2.04. The molecular formula is C13H11ClF3N5OS. The number of nitrogens with two attached hydrogens (primary N) is 2. The summed E-state index contributed by atoms with van der Waals surface area (Å²) in [5.74, 6) is -0.446. The minimum Gasteiger partial charge on any atom is -0.383 e. The zero-order chi connectivity index (χ0) is 17.9. The molecule has 0 bridgehead atoms. The lowest BCUT2D eigenvalue weighted by Gasteiger charge is -2.11. The average molecular weight is 378 g/mol. The molecule has 24 heavy (non-hydrogen) atoms. The van der Waals surface area contributed by atoms with Gasteiger partial charge in [0.1, 0.15) is 11.6 Å². The average Bonchev–Trinajstić information content (AvgIpc) is 2.45. The molecule has 0 saturated carbocycles. The second kappa shape index (κ2) is 7.14. The highest BCUT2D eigenvalue weighted by atomic mass is 35.5. The van der Waals surface area contributed by atoms with Crippen LogP contribution >= 0.6 is 23.4 Å². The first-order chi connectivity index (χ1) is 11.1. The molecule has 0 unspecified atom stereocenters. The molecule has 1 aromatic heterocycles. The number of anilines is 3. The van der Waals surface area contributed by atoms with Gasteiger partial charge < -0.3 is 16.8 Å². The van der Waals surface area contributed by atoms with Crippen LogP contribution in [0.4, 0.5) is 30.5 Å². The molecule has 5 N–H and O–H groups in total. The fourth-order valence-electron chi connectivity index (χ4n) is 1.64. The van der Waals surface area contributed by atoms with Crippen molar-refractivity contribution >= 4 is 46.6 Å². The van der Waals surface area contributed by atoms with E-state index in [1.54, 1.807) is 0 Å². The summed E-state index contributed by atoms with van der Waals surface area (Å²) in [4.78, 5) is 19.6. The van der Waals surface area contributed by atoms with Gasteiger partial charge in [-0.05, 0) is 18.2 Å². The normalized spacial score (nSPS) is 11.3. The SMILES string of the molecule is Nc1cc(N)nc(SCC(=O)Nc2cc(C(F)(F)F)ccc2Cl)n1. The molecule has 1 aromatic carbocycles. The summed E-state index contributed by atoms with van der Waals surface area (Å²) in [6.45, 7) is 0. The number of thioether (sulfide) groups is 1.